The lowest BCUT2D eigenvalue weighted by Gasteiger charge is -2.26. The van der Waals surface area contributed by atoms with Gasteiger partial charge in [0.15, 0.2) is 0 Å². The van der Waals surface area contributed by atoms with E-state index in [1.165, 1.54) is 11.5 Å². The largest absolute Gasteiger partial charge is 0.385 e. The van der Waals surface area contributed by atoms with Crippen LogP contribution in [0.4, 0.5) is 10.8 Å². The van der Waals surface area contributed by atoms with Crippen molar-refractivity contribution in [3.63, 3.8) is 0 Å². The molecule has 6 heteroatoms. The quantitative estimate of drug-likeness (QED) is 0.710. The van der Waals surface area contributed by atoms with Crippen LogP contribution in [0.15, 0.2) is 6.07 Å². The van der Waals surface area contributed by atoms with E-state index in [2.05, 4.69) is 9.69 Å². The Hall–Kier alpha value is -0.850. The molecule has 0 bridgehead atoms. The number of nitrogens with one attached hydrogen (secondary N) is 1. The summed E-state index contributed by atoms with van der Waals surface area (Å²) in [5.74, 6) is 0.505. The fourth-order valence-corrected chi connectivity index (χ4v) is 2.18. The first kappa shape index (κ1) is 10.7. The van der Waals surface area contributed by atoms with Gasteiger partial charge in [-0.15, -0.1) is 0 Å². The molecule has 0 saturated carbocycles. The molecule has 0 radical (unpaired) electrons. The Kier molecular flexibility index (Phi) is 2.81. The van der Waals surface area contributed by atoms with Crippen molar-refractivity contribution in [3.8, 4) is 0 Å². The fourth-order valence-electron chi connectivity index (χ4n) is 1.62. The van der Waals surface area contributed by atoms with Crippen LogP contribution >= 0.6 is 11.5 Å². The van der Waals surface area contributed by atoms with Gasteiger partial charge >= 0.3 is 0 Å². The van der Waals surface area contributed by atoms with E-state index in [9.17, 15) is 5.11 Å². The van der Waals surface area contributed by atoms with Crippen molar-refractivity contribution in [1.29, 1.82) is 0 Å². The van der Waals surface area contributed by atoms with E-state index in [0.717, 1.165) is 5.00 Å². The Labute approximate surface area is 92.4 Å². The average molecular weight is 229 g/mol. The third kappa shape index (κ3) is 2.22. The van der Waals surface area contributed by atoms with Crippen LogP contribution < -0.4 is 11.1 Å². The Balaban J connectivity index is 1.92. The number of nitrogens with two attached hydrogens (primary N) is 1. The Bertz CT molecular complexity index is 344. The van der Waals surface area contributed by atoms with E-state index in [-0.39, 0.29) is 6.10 Å². The minimum Gasteiger partial charge on any atom is -0.385 e. The topological polar surface area (TPSA) is 80.4 Å². The van der Waals surface area contributed by atoms with Crippen LogP contribution in [0.1, 0.15) is 13.3 Å². The SMILES string of the molecule is CC1OCCC1(O)CNc1cc(N)ns1. The number of rotatable bonds is 3. The van der Waals surface area contributed by atoms with Crippen LogP contribution in [0.25, 0.3) is 0 Å². The Morgan fingerprint density at radius 3 is 3.20 bits per heavy atom. The van der Waals surface area contributed by atoms with Crippen molar-refractivity contribution in [3.05, 3.63) is 6.07 Å². The third-order valence-electron chi connectivity index (χ3n) is 2.76. The summed E-state index contributed by atoms with van der Waals surface area (Å²) in [6.07, 6.45) is 0.533. The van der Waals surface area contributed by atoms with Gasteiger partial charge in [0.25, 0.3) is 0 Å². The molecule has 1 aromatic rings. The molecule has 1 saturated heterocycles. The van der Waals surface area contributed by atoms with Gasteiger partial charge in [-0.2, -0.15) is 4.37 Å². The summed E-state index contributed by atoms with van der Waals surface area (Å²) in [6, 6.07) is 1.76. The summed E-state index contributed by atoms with van der Waals surface area (Å²) in [5.41, 5.74) is 4.72. The molecule has 1 aromatic heterocycles. The molecule has 84 valence electrons. The maximum atomic E-state index is 10.2. The lowest BCUT2D eigenvalue weighted by molar-refractivity contribution is -0.0175. The zero-order chi connectivity index (χ0) is 10.9. The molecule has 0 amide bonds. The van der Waals surface area contributed by atoms with E-state index in [1.54, 1.807) is 6.07 Å². The van der Waals surface area contributed by atoms with Gasteiger partial charge in [0.1, 0.15) is 16.4 Å². The van der Waals surface area contributed by atoms with E-state index in [4.69, 9.17) is 10.5 Å². The highest BCUT2D eigenvalue weighted by Gasteiger charge is 2.39. The van der Waals surface area contributed by atoms with Gasteiger partial charge in [-0.05, 0) is 18.5 Å². The number of aromatic nitrogens is 1. The van der Waals surface area contributed by atoms with Crippen LogP contribution in [-0.4, -0.2) is 34.3 Å². The van der Waals surface area contributed by atoms with E-state index < -0.39 is 5.60 Å². The fraction of sp³-hybridized carbons (Fsp3) is 0.667. The zero-order valence-corrected chi connectivity index (χ0v) is 9.38. The third-order valence-corrected chi connectivity index (χ3v) is 3.52. The lowest BCUT2D eigenvalue weighted by Crippen LogP contribution is -2.42. The number of aliphatic hydroxyl groups is 1. The first-order valence-electron chi connectivity index (χ1n) is 4.90. The van der Waals surface area contributed by atoms with Crippen molar-refractivity contribution < 1.29 is 9.84 Å². The van der Waals surface area contributed by atoms with E-state index in [0.29, 0.717) is 25.4 Å². The molecule has 2 rings (SSSR count). The standard InChI is InChI=1S/C9H15N3O2S/c1-6-9(13,2-3-14-6)5-11-8-4-7(10)12-15-8/h4,6,11,13H,2-3,5H2,1H3,(H2,10,12). The van der Waals surface area contributed by atoms with Gasteiger partial charge in [-0.1, -0.05) is 0 Å². The molecule has 15 heavy (non-hydrogen) atoms. The van der Waals surface area contributed by atoms with Crippen LogP contribution in [0.2, 0.25) is 0 Å². The highest BCUT2D eigenvalue weighted by molar-refractivity contribution is 7.10. The summed E-state index contributed by atoms with van der Waals surface area (Å²) in [7, 11) is 0. The summed E-state index contributed by atoms with van der Waals surface area (Å²) in [6.45, 7) is 2.97. The van der Waals surface area contributed by atoms with Crippen LogP contribution in [0.3, 0.4) is 0 Å². The average Bonchev–Trinajstić information content (AvgIpc) is 2.73. The minimum absolute atomic E-state index is 0.129. The highest BCUT2D eigenvalue weighted by atomic mass is 32.1. The van der Waals surface area contributed by atoms with E-state index >= 15 is 0 Å². The van der Waals surface area contributed by atoms with Crippen molar-refractivity contribution >= 4 is 22.4 Å². The second-order valence-electron chi connectivity index (χ2n) is 3.84. The number of anilines is 2. The number of nitrogen functional groups attached to an aromatic ring is 1. The number of nitrogens with zero attached hydrogens (tertiary/aromatic N) is 1. The molecule has 0 spiro atoms. The monoisotopic (exact) mass is 229 g/mol. The second kappa shape index (κ2) is 3.96. The molecular weight excluding hydrogens is 214 g/mol. The van der Waals surface area contributed by atoms with E-state index in [1.807, 2.05) is 6.92 Å². The zero-order valence-electron chi connectivity index (χ0n) is 8.56. The molecule has 5 nitrogen and oxygen atoms in total. The summed E-state index contributed by atoms with van der Waals surface area (Å²) in [5, 5.41) is 14.2. The first-order valence-corrected chi connectivity index (χ1v) is 5.67. The summed E-state index contributed by atoms with van der Waals surface area (Å²) >= 11 is 1.29. The van der Waals surface area contributed by atoms with Crippen molar-refractivity contribution in [2.75, 3.05) is 24.2 Å². The van der Waals surface area contributed by atoms with Gasteiger partial charge in [0, 0.05) is 25.6 Å². The molecule has 1 aliphatic heterocycles. The van der Waals surface area contributed by atoms with Gasteiger partial charge in [-0.3, -0.25) is 0 Å². The van der Waals surface area contributed by atoms with Crippen molar-refractivity contribution in [1.82, 2.24) is 4.37 Å². The van der Waals surface area contributed by atoms with Crippen LogP contribution in [0, 0.1) is 0 Å². The predicted octanol–water partition coefficient (Wildman–Crippen LogP) is 0.677. The van der Waals surface area contributed by atoms with Gasteiger partial charge in [0.2, 0.25) is 0 Å². The highest BCUT2D eigenvalue weighted by Crippen LogP contribution is 2.27. The molecule has 2 unspecified atom stereocenters. The van der Waals surface area contributed by atoms with Crippen LogP contribution in [-0.2, 0) is 4.74 Å². The molecular formula is C9H15N3O2S. The molecule has 2 heterocycles. The lowest BCUT2D eigenvalue weighted by atomic mass is 9.97. The molecule has 1 aliphatic rings. The minimum atomic E-state index is -0.779. The number of hydrogen-bond donors (Lipinski definition) is 3. The number of ether oxygens (including phenoxy) is 1. The van der Waals surface area contributed by atoms with Crippen LogP contribution in [0.5, 0.6) is 0 Å². The molecule has 1 fully saturated rings. The molecule has 4 N–H and O–H groups in total. The Morgan fingerprint density at radius 1 is 1.87 bits per heavy atom. The van der Waals surface area contributed by atoms with Crippen molar-refractivity contribution in [2.24, 2.45) is 0 Å². The second-order valence-corrected chi connectivity index (χ2v) is 4.64. The van der Waals surface area contributed by atoms with Gasteiger partial charge in [-0.25, -0.2) is 0 Å². The smallest absolute Gasteiger partial charge is 0.139 e. The predicted molar refractivity (Wildman–Crippen MR) is 60.0 cm³/mol. The normalized spacial score (nSPS) is 30.7. The molecule has 0 aliphatic carbocycles. The first-order chi connectivity index (χ1) is 7.10. The van der Waals surface area contributed by atoms with Gasteiger partial charge < -0.3 is 20.9 Å². The summed E-state index contributed by atoms with van der Waals surface area (Å²) < 4.78 is 9.28. The molecule has 0 aromatic carbocycles. The molecule has 2 atom stereocenters. The number of hydrogen-bond acceptors (Lipinski definition) is 6. The Morgan fingerprint density at radius 2 is 2.67 bits per heavy atom. The summed E-state index contributed by atoms with van der Waals surface area (Å²) in [4.78, 5) is 0. The maximum Gasteiger partial charge on any atom is 0.139 e. The van der Waals surface area contributed by atoms with Crippen molar-refractivity contribution in [2.45, 2.75) is 25.0 Å². The maximum absolute atomic E-state index is 10.2. The van der Waals surface area contributed by atoms with Gasteiger partial charge in [0.05, 0.1) is 6.10 Å².